The molecule has 0 bridgehead atoms. The minimum atomic E-state index is 0.343. The maximum absolute atomic E-state index is 5.53. The van der Waals surface area contributed by atoms with Crippen molar-refractivity contribution in [2.75, 3.05) is 30.8 Å². The molecule has 3 N–H and O–H groups in total. The van der Waals surface area contributed by atoms with E-state index in [0.717, 1.165) is 25.3 Å². The normalized spacial score (nSPS) is 21.5. The van der Waals surface area contributed by atoms with Crippen molar-refractivity contribution in [3.8, 4) is 0 Å². The lowest BCUT2D eigenvalue weighted by atomic mass is 10.3. The third-order valence-corrected chi connectivity index (χ3v) is 2.58. The van der Waals surface area contributed by atoms with Gasteiger partial charge in [0, 0.05) is 25.3 Å². The Hall–Kier alpha value is -1.36. The van der Waals surface area contributed by atoms with E-state index in [4.69, 9.17) is 5.73 Å². The maximum atomic E-state index is 5.53. The van der Waals surface area contributed by atoms with Gasteiger partial charge in [-0.25, -0.2) is 4.98 Å². The van der Waals surface area contributed by atoms with Crippen molar-refractivity contribution in [1.82, 2.24) is 15.3 Å². The Labute approximate surface area is 83.3 Å². The lowest BCUT2D eigenvalue weighted by Crippen LogP contribution is -2.29. The van der Waals surface area contributed by atoms with Gasteiger partial charge in [0.05, 0.1) is 0 Å². The van der Waals surface area contributed by atoms with E-state index in [1.807, 2.05) is 13.1 Å². The fourth-order valence-electron chi connectivity index (χ4n) is 1.74. The highest BCUT2D eigenvalue weighted by Crippen LogP contribution is 2.17. The smallest absolute Gasteiger partial charge is 0.221 e. The van der Waals surface area contributed by atoms with Gasteiger partial charge in [-0.3, -0.25) is 0 Å². The molecular weight excluding hydrogens is 178 g/mol. The van der Waals surface area contributed by atoms with E-state index >= 15 is 0 Å². The van der Waals surface area contributed by atoms with Crippen LogP contribution in [0, 0.1) is 0 Å². The van der Waals surface area contributed by atoms with E-state index < -0.39 is 0 Å². The Morgan fingerprint density at radius 1 is 1.64 bits per heavy atom. The molecular formula is C9H15N5. The van der Waals surface area contributed by atoms with Crippen molar-refractivity contribution >= 4 is 11.8 Å². The summed E-state index contributed by atoms with van der Waals surface area (Å²) in [4.78, 5) is 10.3. The molecule has 5 nitrogen and oxygen atoms in total. The van der Waals surface area contributed by atoms with E-state index in [9.17, 15) is 0 Å². The molecule has 1 aromatic rings. The van der Waals surface area contributed by atoms with Gasteiger partial charge in [-0.05, 0) is 19.5 Å². The molecule has 0 spiro atoms. The first-order valence-electron chi connectivity index (χ1n) is 4.80. The average molecular weight is 193 g/mol. The molecule has 1 aliphatic heterocycles. The number of aromatic nitrogens is 2. The van der Waals surface area contributed by atoms with Crippen molar-refractivity contribution < 1.29 is 0 Å². The second kappa shape index (κ2) is 3.79. The van der Waals surface area contributed by atoms with Crippen molar-refractivity contribution in [2.24, 2.45) is 0 Å². The second-order valence-corrected chi connectivity index (χ2v) is 3.49. The van der Waals surface area contributed by atoms with E-state index in [1.165, 1.54) is 0 Å². The van der Waals surface area contributed by atoms with Crippen LogP contribution in [0.1, 0.15) is 6.42 Å². The molecule has 76 valence electrons. The van der Waals surface area contributed by atoms with E-state index in [2.05, 4.69) is 20.2 Å². The first-order valence-corrected chi connectivity index (χ1v) is 4.80. The Bertz CT molecular complexity index is 314. The molecule has 2 rings (SSSR count). The minimum Gasteiger partial charge on any atom is -0.368 e. The molecule has 14 heavy (non-hydrogen) atoms. The van der Waals surface area contributed by atoms with Crippen LogP contribution < -0.4 is 16.0 Å². The summed E-state index contributed by atoms with van der Waals surface area (Å²) in [5.74, 6) is 1.27. The molecule has 1 unspecified atom stereocenters. The van der Waals surface area contributed by atoms with E-state index in [-0.39, 0.29) is 0 Å². The second-order valence-electron chi connectivity index (χ2n) is 3.49. The number of nitrogens with two attached hydrogens (primary N) is 1. The molecule has 0 aliphatic carbocycles. The number of rotatable bonds is 2. The molecule has 1 aliphatic rings. The van der Waals surface area contributed by atoms with Crippen molar-refractivity contribution in [2.45, 2.75) is 12.5 Å². The Kier molecular flexibility index (Phi) is 2.49. The minimum absolute atomic E-state index is 0.343. The Balaban J connectivity index is 2.09. The van der Waals surface area contributed by atoms with E-state index in [0.29, 0.717) is 12.0 Å². The molecule has 1 atom stereocenters. The van der Waals surface area contributed by atoms with Crippen LogP contribution in [0.5, 0.6) is 0 Å². The van der Waals surface area contributed by atoms with Crippen LogP contribution in [-0.4, -0.2) is 36.1 Å². The molecule has 5 heteroatoms. The zero-order valence-electron chi connectivity index (χ0n) is 8.27. The van der Waals surface area contributed by atoms with Gasteiger partial charge in [0.1, 0.15) is 5.82 Å². The molecule has 0 amide bonds. The molecule has 2 heterocycles. The van der Waals surface area contributed by atoms with Crippen LogP contribution in [-0.2, 0) is 0 Å². The van der Waals surface area contributed by atoms with E-state index in [1.54, 1.807) is 6.20 Å². The van der Waals surface area contributed by atoms with Gasteiger partial charge in [-0.1, -0.05) is 0 Å². The number of anilines is 2. The lowest BCUT2D eigenvalue weighted by molar-refractivity contribution is 0.616. The topological polar surface area (TPSA) is 67.1 Å². The summed E-state index contributed by atoms with van der Waals surface area (Å²) in [5.41, 5.74) is 5.53. The van der Waals surface area contributed by atoms with Gasteiger partial charge in [-0.2, -0.15) is 4.98 Å². The number of hydrogen-bond acceptors (Lipinski definition) is 5. The predicted octanol–water partition coefficient (Wildman–Crippen LogP) is -0.143. The summed E-state index contributed by atoms with van der Waals surface area (Å²) in [7, 11) is 1.99. The number of nitrogen functional groups attached to an aromatic ring is 1. The molecule has 1 fully saturated rings. The first kappa shape index (κ1) is 9.21. The van der Waals surface area contributed by atoms with Gasteiger partial charge in [0.25, 0.3) is 0 Å². The van der Waals surface area contributed by atoms with Gasteiger partial charge in [0.2, 0.25) is 5.95 Å². The van der Waals surface area contributed by atoms with Gasteiger partial charge in [0.15, 0.2) is 0 Å². The highest BCUT2D eigenvalue weighted by molar-refractivity contribution is 5.42. The van der Waals surface area contributed by atoms with Crippen LogP contribution in [0.3, 0.4) is 0 Å². The SMILES string of the molecule is CNC1CCN(c2ccnc(N)n2)C1. The third-order valence-electron chi connectivity index (χ3n) is 2.58. The molecule has 1 saturated heterocycles. The molecule has 1 aromatic heterocycles. The summed E-state index contributed by atoms with van der Waals surface area (Å²) in [5, 5.41) is 3.26. The van der Waals surface area contributed by atoms with Crippen LogP contribution in [0.4, 0.5) is 11.8 Å². The number of nitrogens with zero attached hydrogens (tertiary/aromatic N) is 3. The maximum Gasteiger partial charge on any atom is 0.221 e. The van der Waals surface area contributed by atoms with Crippen molar-refractivity contribution in [1.29, 1.82) is 0 Å². The molecule has 0 radical (unpaired) electrons. The predicted molar refractivity (Wildman–Crippen MR) is 56.1 cm³/mol. The number of likely N-dealkylation sites (N-methyl/N-ethyl adjacent to an activating group) is 1. The molecule has 0 saturated carbocycles. The Morgan fingerprint density at radius 3 is 3.14 bits per heavy atom. The summed E-state index contributed by atoms with van der Waals surface area (Å²) in [6, 6.07) is 2.46. The largest absolute Gasteiger partial charge is 0.368 e. The van der Waals surface area contributed by atoms with Crippen LogP contribution in [0.25, 0.3) is 0 Å². The standard InChI is InChI=1S/C9H15N5/c1-11-7-3-5-14(6-7)8-2-4-12-9(10)13-8/h2,4,7,11H,3,5-6H2,1H3,(H2,10,12,13). The Morgan fingerprint density at radius 2 is 2.50 bits per heavy atom. The van der Waals surface area contributed by atoms with Crippen LogP contribution >= 0.6 is 0 Å². The summed E-state index contributed by atoms with van der Waals surface area (Å²) in [6.07, 6.45) is 2.85. The van der Waals surface area contributed by atoms with Gasteiger partial charge < -0.3 is 16.0 Å². The van der Waals surface area contributed by atoms with Gasteiger partial charge in [-0.15, -0.1) is 0 Å². The summed E-state index contributed by atoms with van der Waals surface area (Å²) >= 11 is 0. The fourth-order valence-corrected chi connectivity index (χ4v) is 1.74. The zero-order chi connectivity index (χ0) is 9.97. The van der Waals surface area contributed by atoms with Crippen molar-refractivity contribution in [3.63, 3.8) is 0 Å². The zero-order valence-corrected chi connectivity index (χ0v) is 8.27. The lowest BCUT2D eigenvalue weighted by Gasteiger charge is -2.16. The van der Waals surface area contributed by atoms with Crippen LogP contribution in [0.15, 0.2) is 12.3 Å². The monoisotopic (exact) mass is 193 g/mol. The summed E-state index contributed by atoms with van der Waals surface area (Å²) < 4.78 is 0. The van der Waals surface area contributed by atoms with Gasteiger partial charge >= 0.3 is 0 Å². The summed E-state index contributed by atoms with van der Waals surface area (Å²) in [6.45, 7) is 2.02. The molecule has 0 aromatic carbocycles. The average Bonchev–Trinajstić information content (AvgIpc) is 2.66. The quantitative estimate of drug-likeness (QED) is 0.684. The number of nitrogens with one attached hydrogen (secondary N) is 1. The third kappa shape index (κ3) is 1.77. The first-order chi connectivity index (χ1) is 6.79. The van der Waals surface area contributed by atoms with Crippen molar-refractivity contribution in [3.05, 3.63) is 12.3 Å². The highest BCUT2D eigenvalue weighted by Gasteiger charge is 2.21. The number of hydrogen-bond donors (Lipinski definition) is 2. The highest BCUT2D eigenvalue weighted by atomic mass is 15.2. The van der Waals surface area contributed by atoms with Crippen LogP contribution in [0.2, 0.25) is 0 Å². The fraction of sp³-hybridized carbons (Fsp3) is 0.556.